The number of thiazole rings is 1. The van der Waals surface area contributed by atoms with E-state index in [0.717, 1.165) is 22.0 Å². The van der Waals surface area contributed by atoms with E-state index < -0.39 is 11.7 Å². The predicted molar refractivity (Wildman–Crippen MR) is 105 cm³/mol. The summed E-state index contributed by atoms with van der Waals surface area (Å²) in [5.74, 6) is -1.04. The highest BCUT2D eigenvalue weighted by Gasteiger charge is 2.12. The minimum atomic E-state index is -0.550. The first kappa shape index (κ1) is 17.1. The van der Waals surface area contributed by atoms with Gasteiger partial charge in [-0.05, 0) is 36.4 Å². The summed E-state index contributed by atoms with van der Waals surface area (Å²) >= 11 is 1.51. The summed E-state index contributed by atoms with van der Waals surface area (Å²) in [4.78, 5) is 21.2. The Kier molecular flexibility index (Phi) is 4.72. The fraction of sp³-hybridized carbons (Fsp3) is 0. The first-order chi connectivity index (χ1) is 13.2. The Balaban J connectivity index is 1.57. The molecule has 1 amide bonds. The highest BCUT2D eigenvalue weighted by molar-refractivity contribution is 7.13. The summed E-state index contributed by atoms with van der Waals surface area (Å²) in [6.07, 6.45) is 1.73. The number of pyridine rings is 1. The van der Waals surface area contributed by atoms with E-state index >= 15 is 0 Å². The smallest absolute Gasteiger partial charge is 0.258 e. The number of carbonyl (C=O) groups is 1. The summed E-state index contributed by atoms with van der Waals surface area (Å²) in [6.45, 7) is 0. The molecule has 2 aromatic carbocycles. The van der Waals surface area contributed by atoms with E-state index in [1.807, 2.05) is 41.8 Å². The Morgan fingerprint density at radius 2 is 1.81 bits per heavy atom. The van der Waals surface area contributed by atoms with Crippen molar-refractivity contribution in [3.05, 3.63) is 89.7 Å². The van der Waals surface area contributed by atoms with E-state index in [4.69, 9.17) is 0 Å². The van der Waals surface area contributed by atoms with Crippen LogP contribution in [-0.4, -0.2) is 15.9 Å². The molecule has 0 aliphatic heterocycles. The molecule has 1 N–H and O–H groups in total. The van der Waals surface area contributed by atoms with Gasteiger partial charge in [-0.15, -0.1) is 11.3 Å². The van der Waals surface area contributed by atoms with Gasteiger partial charge >= 0.3 is 0 Å². The molecule has 27 heavy (non-hydrogen) atoms. The molecule has 0 atom stereocenters. The average Bonchev–Trinajstić information content (AvgIpc) is 3.19. The maximum atomic E-state index is 13.8. The zero-order valence-electron chi connectivity index (χ0n) is 14.1. The van der Waals surface area contributed by atoms with Gasteiger partial charge in [0.2, 0.25) is 0 Å². The molecule has 0 aliphatic carbocycles. The summed E-state index contributed by atoms with van der Waals surface area (Å²) in [7, 11) is 0. The minimum absolute atomic E-state index is 0.00833. The number of hydrogen-bond acceptors (Lipinski definition) is 4. The topological polar surface area (TPSA) is 54.9 Å². The van der Waals surface area contributed by atoms with Gasteiger partial charge in [0.05, 0.1) is 17.0 Å². The standard InChI is InChI=1S/C21H14FN3OS/c22-17-9-2-1-8-16(17)20(26)24-15-7-5-6-14(12-15)19-13-27-21(25-19)18-10-3-4-11-23-18/h1-13H,(H,24,26). The van der Waals surface area contributed by atoms with Crippen LogP contribution in [0.25, 0.3) is 22.0 Å². The molecule has 4 nitrogen and oxygen atoms in total. The molecule has 0 bridgehead atoms. The largest absolute Gasteiger partial charge is 0.322 e. The van der Waals surface area contributed by atoms with E-state index in [1.54, 1.807) is 24.4 Å². The first-order valence-corrected chi connectivity index (χ1v) is 9.12. The number of amides is 1. The maximum Gasteiger partial charge on any atom is 0.258 e. The molecular weight excluding hydrogens is 361 g/mol. The molecular formula is C21H14FN3OS. The lowest BCUT2D eigenvalue weighted by Gasteiger charge is -2.07. The van der Waals surface area contributed by atoms with Crippen molar-refractivity contribution in [1.29, 1.82) is 0 Å². The minimum Gasteiger partial charge on any atom is -0.322 e. The van der Waals surface area contributed by atoms with Crippen LogP contribution in [0, 0.1) is 5.82 Å². The maximum absolute atomic E-state index is 13.8. The Bertz CT molecular complexity index is 1100. The van der Waals surface area contributed by atoms with Crippen LogP contribution >= 0.6 is 11.3 Å². The van der Waals surface area contributed by atoms with E-state index in [9.17, 15) is 9.18 Å². The third-order valence-electron chi connectivity index (χ3n) is 3.92. The Morgan fingerprint density at radius 1 is 0.963 bits per heavy atom. The van der Waals surface area contributed by atoms with Crippen LogP contribution in [0.4, 0.5) is 10.1 Å². The van der Waals surface area contributed by atoms with Gasteiger partial charge in [0, 0.05) is 22.8 Å². The molecule has 0 unspecified atom stereocenters. The molecule has 132 valence electrons. The summed E-state index contributed by atoms with van der Waals surface area (Å²) in [5.41, 5.74) is 3.06. The zero-order valence-corrected chi connectivity index (χ0v) is 14.9. The quantitative estimate of drug-likeness (QED) is 0.529. The molecule has 4 aromatic rings. The molecule has 0 saturated carbocycles. The van der Waals surface area contributed by atoms with E-state index in [1.165, 1.54) is 23.5 Å². The molecule has 0 saturated heterocycles. The highest BCUT2D eigenvalue weighted by Crippen LogP contribution is 2.29. The molecule has 4 rings (SSSR count). The van der Waals surface area contributed by atoms with Gasteiger partial charge in [-0.25, -0.2) is 9.37 Å². The van der Waals surface area contributed by atoms with Crippen molar-refractivity contribution >= 4 is 22.9 Å². The Morgan fingerprint density at radius 3 is 2.63 bits per heavy atom. The number of aromatic nitrogens is 2. The summed E-state index contributed by atoms with van der Waals surface area (Å²) in [5, 5.41) is 5.50. The third-order valence-corrected chi connectivity index (χ3v) is 4.79. The average molecular weight is 375 g/mol. The van der Waals surface area contributed by atoms with Crippen LogP contribution in [0.2, 0.25) is 0 Å². The summed E-state index contributed by atoms with van der Waals surface area (Å²) in [6, 6.07) is 18.9. The SMILES string of the molecule is O=C(Nc1cccc(-c2csc(-c3ccccn3)n2)c1)c1ccccc1F. The Labute approximate surface area is 159 Å². The molecule has 2 heterocycles. The molecule has 0 spiro atoms. The fourth-order valence-corrected chi connectivity index (χ4v) is 3.42. The Hall–Kier alpha value is -3.38. The van der Waals surface area contributed by atoms with Gasteiger partial charge < -0.3 is 5.32 Å². The van der Waals surface area contributed by atoms with Gasteiger partial charge in [-0.3, -0.25) is 9.78 Å². The van der Waals surface area contributed by atoms with Crippen LogP contribution in [0.3, 0.4) is 0 Å². The van der Waals surface area contributed by atoms with Crippen molar-refractivity contribution in [3.63, 3.8) is 0 Å². The number of anilines is 1. The first-order valence-electron chi connectivity index (χ1n) is 8.24. The monoisotopic (exact) mass is 375 g/mol. The molecule has 0 radical (unpaired) electrons. The van der Waals surface area contributed by atoms with Crippen molar-refractivity contribution in [1.82, 2.24) is 9.97 Å². The van der Waals surface area contributed by atoms with Crippen LogP contribution in [0.15, 0.2) is 78.3 Å². The number of carbonyl (C=O) groups excluding carboxylic acids is 1. The van der Waals surface area contributed by atoms with Gasteiger partial charge in [-0.2, -0.15) is 0 Å². The van der Waals surface area contributed by atoms with Crippen LogP contribution in [0.1, 0.15) is 10.4 Å². The second-order valence-corrected chi connectivity index (χ2v) is 6.63. The molecule has 0 fully saturated rings. The lowest BCUT2D eigenvalue weighted by molar-refractivity contribution is 0.102. The number of hydrogen-bond donors (Lipinski definition) is 1. The third kappa shape index (κ3) is 3.75. The van der Waals surface area contributed by atoms with Crippen LogP contribution < -0.4 is 5.32 Å². The highest BCUT2D eigenvalue weighted by atomic mass is 32.1. The fourth-order valence-electron chi connectivity index (χ4n) is 2.61. The van der Waals surface area contributed by atoms with E-state index in [0.29, 0.717) is 5.69 Å². The van der Waals surface area contributed by atoms with Gasteiger partial charge in [0.1, 0.15) is 10.8 Å². The van der Waals surface area contributed by atoms with E-state index in [2.05, 4.69) is 15.3 Å². The van der Waals surface area contributed by atoms with Crippen molar-refractivity contribution in [3.8, 4) is 22.0 Å². The van der Waals surface area contributed by atoms with Crippen molar-refractivity contribution in [2.75, 3.05) is 5.32 Å². The second-order valence-electron chi connectivity index (χ2n) is 5.77. The molecule has 0 aliphatic rings. The van der Waals surface area contributed by atoms with E-state index in [-0.39, 0.29) is 5.56 Å². The molecule has 6 heteroatoms. The number of benzene rings is 2. The van der Waals surface area contributed by atoms with Gasteiger partial charge in [0.15, 0.2) is 0 Å². The second kappa shape index (κ2) is 7.47. The van der Waals surface area contributed by atoms with Gasteiger partial charge in [-0.1, -0.05) is 30.3 Å². The predicted octanol–water partition coefficient (Wildman–Crippen LogP) is 5.26. The lowest BCUT2D eigenvalue weighted by Crippen LogP contribution is -2.13. The van der Waals surface area contributed by atoms with Gasteiger partial charge in [0.25, 0.3) is 5.91 Å². The van der Waals surface area contributed by atoms with Crippen molar-refractivity contribution in [2.24, 2.45) is 0 Å². The van der Waals surface area contributed by atoms with Crippen molar-refractivity contribution in [2.45, 2.75) is 0 Å². The zero-order chi connectivity index (χ0) is 18.6. The molecule has 2 aromatic heterocycles. The lowest BCUT2D eigenvalue weighted by atomic mass is 10.1. The van der Waals surface area contributed by atoms with Crippen molar-refractivity contribution < 1.29 is 9.18 Å². The number of halogens is 1. The van der Waals surface area contributed by atoms with Crippen LogP contribution in [-0.2, 0) is 0 Å². The summed E-state index contributed by atoms with van der Waals surface area (Å²) < 4.78 is 13.8. The number of rotatable bonds is 4. The number of nitrogens with one attached hydrogen (secondary N) is 1. The van der Waals surface area contributed by atoms with Crippen LogP contribution in [0.5, 0.6) is 0 Å². The number of nitrogens with zero attached hydrogens (tertiary/aromatic N) is 2. The normalized spacial score (nSPS) is 10.6.